The molecule has 0 aliphatic heterocycles. The average Bonchev–Trinajstić information content (AvgIpc) is 2.55. The molecule has 9 heteroatoms. The zero-order chi connectivity index (χ0) is 17.9. The Kier molecular flexibility index (Phi) is 4.96. The van der Waals surface area contributed by atoms with Gasteiger partial charge in [0.15, 0.2) is 0 Å². The summed E-state index contributed by atoms with van der Waals surface area (Å²) < 4.78 is 24.6. The van der Waals surface area contributed by atoms with Gasteiger partial charge < -0.3 is 0 Å². The number of carbonyl (C=O) groups excluding carboxylic acids is 1. The van der Waals surface area contributed by atoms with Gasteiger partial charge in [0.1, 0.15) is 0 Å². The topological polar surface area (TPSA) is 118 Å². The first-order chi connectivity index (χ1) is 11.2. The van der Waals surface area contributed by atoms with Crippen LogP contribution >= 0.6 is 0 Å². The predicted octanol–water partition coefficient (Wildman–Crippen LogP) is 1.83. The molecule has 2 rings (SSSR count). The number of nitro benzene ring substituents is 1. The lowest BCUT2D eigenvalue weighted by Crippen LogP contribution is -2.41. The van der Waals surface area contributed by atoms with E-state index in [1.165, 1.54) is 24.3 Å². The molecule has 1 amide bonds. The lowest BCUT2D eigenvalue weighted by molar-refractivity contribution is -0.384. The highest BCUT2D eigenvalue weighted by Crippen LogP contribution is 2.16. The molecule has 0 atom stereocenters. The zero-order valence-corrected chi connectivity index (χ0v) is 13.8. The molecular weight excluding hydrogens is 334 g/mol. The number of rotatable bonds is 5. The van der Waals surface area contributed by atoms with Crippen LogP contribution in [0.5, 0.6) is 0 Å². The predicted molar refractivity (Wildman–Crippen MR) is 86.8 cm³/mol. The van der Waals surface area contributed by atoms with E-state index >= 15 is 0 Å². The maximum atomic E-state index is 12.3. The van der Waals surface area contributed by atoms with Crippen molar-refractivity contribution in [3.05, 3.63) is 69.3 Å². The van der Waals surface area contributed by atoms with Gasteiger partial charge in [0.2, 0.25) is 0 Å². The molecular formula is C15H15N3O5S. The fourth-order valence-corrected chi connectivity index (χ4v) is 3.17. The fraction of sp³-hybridized carbons (Fsp3) is 0.133. The van der Waals surface area contributed by atoms with Crippen LogP contribution in [0.25, 0.3) is 0 Å². The van der Waals surface area contributed by atoms with Crippen molar-refractivity contribution in [1.29, 1.82) is 0 Å². The Morgan fingerprint density at radius 2 is 1.83 bits per heavy atom. The summed E-state index contributed by atoms with van der Waals surface area (Å²) in [6.45, 7) is 3.39. The van der Waals surface area contributed by atoms with Gasteiger partial charge in [-0.1, -0.05) is 18.2 Å². The summed E-state index contributed by atoms with van der Waals surface area (Å²) >= 11 is 0. The van der Waals surface area contributed by atoms with E-state index in [1.807, 2.05) is 4.83 Å². The average molecular weight is 349 g/mol. The van der Waals surface area contributed by atoms with Gasteiger partial charge >= 0.3 is 0 Å². The number of amides is 1. The molecule has 2 aromatic carbocycles. The van der Waals surface area contributed by atoms with Crippen LogP contribution < -0.4 is 10.3 Å². The molecule has 0 unspecified atom stereocenters. The maximum Gasteiger partial charge on any atom is 0.270 e. The Morgan fingerprint density at radius 3 is 2.50 bits per heavy atom. The smallest absolute Gasteiger partial charge is 0.270 e. The zero-order valence-electron chi connectivity index (χ0n) is 12.9. The van der Waals surface area contributed by atoms with Crippen LogP contribution in [-0.4, -0.2) is 19.2 Å². The molecule has 0 fully saturated rings. The Balaban J connectivity index is 2.17. The van der Waals surface area contributed by atoms with Crippen LogP contribution in [0, 0.1) is 24.0 Å². The summed E-state index contributed by atoms with van der Waals surface area (Å²) in [6, 6.07) is 9.89. The summed E-state index contributed by atoms with van der Waals surface area (Å²) in [5, 5.41) is 10.7. The molecule has 0 spiro atoms. The number of aryl methyl sites for hydroxylation is 2. The number of hydrogen-bond acceptors (Lipinski definition) is 5. The van der Waals surface area contributed by atoms with Gasteiger partial charge in [-0.15, -0.1) is 4.83 Å². The van der Waals surface area contributed by atoms with Crippen LogP contribution in [-0.2, 0) is 10.0 Å². The monoisotopic (exact) mass is 349 g/mol. The lowest BCUT2D eigenvalue weighted by Gasteiger charge is -2.11. The van der Waals surface area contributed by atoms with Crippen molar-refractivity contribution in [3.63, 3.8) is 0 Å². The summed E-state index contributed by atoms with van der Waals surface area (Å²) in [4.78, 5) is 24.1. The molecule has 0 saturated carbocycles. The summed E-state index contributed by atoms with van der Waals surface area (Å²) in [7, 11) is -3.96. The summed E-state index contributed by atoms with van der Waals surface area (Å²) in [5.74, 6) is -0.799. The Morgan fingerprint density at radius 1 is 1.12 bits per heavy atom. The molecule has 0 aliphatic rings. The van der Waals surface area contributed by atoms with E-state index in [-0.39, 0.29) is 16.1 Å². The third kappa shape index (κ3) is 3.94. The van der Waals surface area contributed by atoms with Crippen LogP contribution in [0.4, 0.5) is 5.69 Å². The molecule has 0 radical (unpaired) electrons. The SMILES string of the molecule is Cc1ccc(C)c(S(=O)(=O)NNC(=O)c2cccc([N+](=O)[O-])c2)c1. The van der Waals surface area contributed by atoms with Gasteiger partial charge in [-0.05, 0) is 37.1 Å². The number of hydrazine groups is 1. The van der Waals surface area contributed by atoms with Crippen LogP contribution in [0.15, 0.2) is 47.4 Å². The number of benzene rings is 2. The van der Waals surface area contributed by atoms with Gasteiger partial charge in [0.25, 0.3) is 21.6 Å². The fourth-order valence-electron chi connectivity index (χ4n) is 2.00. The van der Waals surface area contributed by atoms with E-state index in [9.17, 15) is 23.3 Å². The highest BCUT2D eigenvalue weighted by Gasteiger charge is 2.19. The molecule has 126 valence electrons. The molecule has 24 heavy (non-hydrogen) atoms. The molecule has 0 aliphatic carbocycles. The summed E-state index contributed by atoms with van der Waals surface area (Å²) in [5.41, 5.74) is 3.03. The number of nitrogens with one attached hydrogen (secondary N) is 2. The van der Waals surface area contributed by atoms with E-state index in [1.54, 1.807) is 26.0 Å². The summed E-state index contributed by atoms with van der Waals surface area (Å²) in [6.07, 6.45) is 0. The minimum absolute atomic E-state index is 0.0344. The Hall–Kier alpha value is -2.78. The third-order valence-electron chi connectivity index (χ3n) is 3.25. The second-order valence-electron chi connectivity index (χ2n) is 5.14. The second kappa shape index (κ2) is 6.77. The lowest BCUT2D eigenvalue weighted by atomic mass is 10.2. The Labute approximate surface area is 138 Å². The number of carbonyl (C=O) groups is 1. The normalized spacial score (nSPS) is 11.1. The van der Waals surface area contributed by atoms with Crippen molar-refractivity contribution in [2.45, 2.75) is 18.7 Å². The number of nitrogens with zero attached hydrogens (tertiary/aromatic N) is 1. The standard InChI is InChI=1S/C15H15N3O5S/c1-10-6-7-11(2)14(8-10)24(22,23)17-16-15(19)12-4-3-5-13(9-12)18(20)21/h3-9,17H,1-2H3,(H,16,19). The number of hydrogen-bond donors (Lipinski definition) is 2. The van der Waals surface area contributed by atoms with Crippen LogP contribution in [0.2, 0.25) is 0 Å². The first kappa shape index (κ1) is 17.6. The van der Waals surface area contributed by atoms with Crippen molar-refractivity contribution in [1.82, 2.24) is 10.3 Å². The van der Waals surface area contributed by atoms with Crippen LogP contribution in [0.3, 0.4) is 0 Å². The van der Waals surface area contributed by atoms with E-state index in [0.717, 1.165) is 11.6 Å². The third-order valence-corrected chi connectivity index (χ3v) is 4.64. The quantitative estimate of drug-likeness (QED) is 0.630. The van der Waals surface area contributed by atoms with Gasteiger partial charge in [-0.3, -0.25) is 20.3 Å². The van der Waals surface area contributed by atoms with Crippen LogP contribution in [0.1, 0.15) is 21.5 Å². The minimum atomic E-state index is -3.96. The van der Waals surface area contributed by atoms with Gasteiger partial charge in [-0.25, -0.2) is 8.42 Å². The molecule has 2 N–H and O–H groups in total. The van der Waals surface area contributed by atoms with Crippen molar-refractivity contribution in [2.24, 2.45) is 0 Å². The van der Waals surface area contributed by atoms with Gasteiger partial charge in [0, 0.05) is 17.7 Å². The van der Waals surface area contributed by atoms with Crippen molar-refractivity contribution in [2.75, 3.05) is 0 Å². The van der Waals surface area contributed by atoms with E-state index in [4.69, 9.17) is 0 Å². The Bertz CT molecular complexity index is 909. The number of sulfonamides is 1. The van der Waals surface area contributed by atoms with E-state index in [0.29, 0.717) is 5.56 Å². The largest absolute Gasteiger partial charge is 0.273 e. The van der Waals surface area contributed by atoms with Crippen molar-refractivity contribution < 1.29 is 18.1 Å². The van der Waals surface area contributed by atoms with Crippen molar-refractivity contribution in [3.8, 4) is 0 Å². The molecule has 2 aromatic rings. The molecule has 0 heterocycles. The molecule has 8 nitrogen and oxygen atoms in total. The highest BCUT2D eigenvalue weighted by molar-refractivity contribution is 7.89. The highest BCUT2D eigenvalue weighted by atomic mass is 32.2. The van der Waals surface area contributed by atoms with Gasteiger partial charge in [0.05, 0.1) is 9.82 Å². The second-order valence-corrected chi connectivity index (χ2v) is 6.79. The maximum absolute atomic E-state index is 12.3. The van der Waals surface area contributed by atoms with E-state index in [2.05, 4.69) is 5.43 Å². The van der Waals surface area contributed by atoms with E-state index < -0.39 is 20.9 Å². The molecule has 0 bridgehead atoms. The first-order valence-electron chi connectivity index (χ1n) is 6.84. The first-order valence-corrected chi connectivity index (χ1v) is 8.33. The molecule has 0 aromatic heterocycles. The number of non-ortho nitro benzene ring substituents is 1. The van der Waals surface area contributed by atoms with Crippen molar-refractivity contribution >= 4 is 21.6 Å². The number of nitro groups is 1. The molecule has 0 saturated heterocycles. The van der Waals surface area contributed by atoms with Gasteiger partial charge in [-0.2, -0.15) is 0 Å². The minimum Gasteiger partial charge on any atom is -0.273 e.